The van der Waals surface area contributed by atoms with E-state index in [1.807, 2.05) is 6.92 Å². The molecule has 12 aliphatic rings. The Morgan fingerprint density at radius 2 is 0.871 bits per heavy atom. The van der Waals surface area contributed by atoms with Crippen molar-refractivity contribution in [3.8, 4) is 0 Å². The van der Waals surface area contributed by atoms with E-state index in [0.717, 1.165) is 47.7 Å². The average molecular weight is 1210 g/mol. The standard InChI is InChI=1S/2C21H36NO9S.C5H9.W/c2*1-11(22-2)6-8-32-10-14-12-5-3-4-7-28-20-18(27)16(25)19(13(9-23)29-20)31-21(30-14)17(26)15(12)24;1-4-5(2)3;/h2*12-27H,1-10H2;1-2,4H2,3H3;/q3*-1;/t2*12?,13?,14?,15?,16?,17?,18?,19?,20-,21+;;/m11../s1. The van der Waals surface area contributed by atoms with Crippen molar-refractivity contribution in [2.24, 2.45) is 11.8 Å². The van der Waals surface area contributed by atoms with Gasteiger partial charge in [0.1, 0.15) is 61.0 Å². The van der Waals surface area contributed by atoms with E-state index >= 15 is 0 Å². The Kier molecular flexibility index (Phi) is 29.9. The molecular formula is C47H81N2O18S2W-3. The van der Waals surface area contributed by atoms with Gasteiger partial charge in [-0.05, 0) is 68.3 Å². The van der Waals surface area contributed by atoms with Crippen LogP contribution in [-0.4, -0.2) is 211 Å². The van der Waals surface area contributed by atoms with Gasteiger partial charge in [-0.25, -0.2) is 0 Å². The van der Waals surface area contributed by atoms with Crippen LogP contribution in [0.2, 0.25) is 0 Å². The van der Waals surface area contributed by atoms with E-state index in [4.69, 9.17) is 37.9 Å². The van der Waals surface area contributed by atoms with Gasteiger partial charge in [0.2, 0.25) is 0 Å². The van der Waals surface area contributed by atoms with E-state index in [2.05, 4.69) is 51.4 Å². The van der Waals surface area contributed by atoms with Crippen LogP contribution in [0.1, 0.15) is 64.7 Å². The number of nitrogens with one attached hydrogen (secondary N) is 2. The summed E-state index contributed by atoms with van der Waals surface area (Å²) in [5, 5.41) is 110. The number of aliphatic hydroxyl groups excluding tert-OH is 10. The van der Waals surface area contributed by atoms with E-state index < -0.39 is 124 Å². The SMILES string of the molecule is C=C(C)C[CH2-].C=C(CCSCC1O[C@H]2OC3C(CO)O[C@@H](OCCCCC1C(O)C2O)C(O)C3O)N[CH2-].C=C(CCSCC1O[C@H]2OC3C(CO)O[C@@H](OCCCCC1C(O)C2O)C(O)C3O)N[CH2-].[W]. The predicted molar refractivity (Wildman–Crippen MR) is 257 cm³/mol. The zero-order valence-electron chi connectivity index (χ0n) is 40.3. The molecule has 12 heterocycles. The van der Waals surface area contributed by atoms with Crippen LogP contribution in [0.15, 0.2) is 36.7 Å². The zero-order chi connectivity index (χ0) is 50.8. The molecule has 0 saturated carbocycles. The van der Waals surface area contributed by atoms with Crippen molar-refractivity contribution in [3.05, 3.63) is 57.7 Å². The van der Waals surface area contributed by atoms with Crippen molar-refractivity contribution in [1.82, 2.24) is 10.6 Å². The summed E-state index contributed by atoms with van der Waals surface area (Å²) in [6.07, 6.45) is -14.2. The Balaban J connectivity index is 0.000000333. The molecule has 16 unspecified atom stereocenters. The van der Waals surface area contributed by atoms with Crippen LogP contribution in [0.4, 0.5) is 0 Å². The Morgan fingerprint density at radius 1 is 0.529 bits per heavy atom. The minimum atomic E-state index is -1.44. The van der Waals surface area contributed by atoms with Crippen LogP contribution >= 0.6 is 23.5 Å². The molecule has 0 aromatic carbocycles. The fraction of sp³-hybridized carbons (Fsp3) is 0.809. The normalized spacial score (nSPS) is 39.9. The maximum atomic E-state index is 10.9. The summed E-state index contributed by atoms with van der Waals surface area (Å²) in [5.41, 5.74) is 2.79. The van der Waals surface area contributed by atoms with Gasteiger partial charge in [-0.3, -0.25) is 14.1 Å². The van der Waals surface area contributed by atoms with Gasteiger partial charge in [-0.1, -0.05) is 26.0 Å². The van der Waals surface area contributed by atoms with Crippen LogP contribution in [-0.2, 0) is 59.0 Å². The van der Waals surface area contributed by atoms with Crippen LogP contribution < -0.4 is 10.6 Å². The fourth-order valence-corrected chi connectivity index (χ4v) is 10.8. The van der Waals surface area contributed by atoms with Crippen molar-refractivity contribution in [2.75, 3.05) is 49.4 Å². The van der Waals surface area contributed by atoms with Crippen molar-refractivity contribution in [1.29, 1.82) is 0 Å². The smallest absolute Gasteiger partial charge is 0.186 e. The third kappa shape index (κ3) is 18.4. The van der Waals surface area contributed by atoms with Crippen molar-refractivity contribution in [3.63, 3.8) is 0 Å². The molecule has 12 rings (SSSR count). The molecule has 0 aromatic heterocycles. The van der Waals surface area contributed by atoms with Gasteiger partial charge in [-0.2, -0.15) is 29.9 Å². The van der Waals surface area contributed by atoms with E-state index in [-0.39, 0.29) is 46.1 Å². The molecule has 0 aliphatic carbocycles. The molecule has 12 fully saturated rings. The van der Waals surface area contributed by atoms with Gasteiger partial charge in [0, 0.05) is 57.6 Å². The second-order valence-electron chi connectivity index (χ2n) is 18.1. The van der Waals surface area contributed by atoms with Gasteiger partial charge in [-0.15, -0.1) is 12.2 Å². The van der Waals surface area contributed by atoms with Gasteiger partial charge in [0.25, 0.3) is 0 Å². The van der Waals surface area contributed by atoms with Crippen LogP contribution in [0.5, 0.6) is 0 Å². The first kappa shape index (κ1) is 63.8. The summed E-state index contributed by atoms with van der Waals surface area (Å²) in [4.78, 5) is 0. The molecule has 8 bridgehead atoms. The van der Waals surface area contributed by atoms with Crippen molar-refractivity contribution in [2.45, 2.75) is 175 Å². The van der Waals surface area contributed by atoms with Crippen LogP contribution in [0.3, 0.4) is 0 Å². The van der Waals surface area contributed by atoms with Crippen LogP contribution in [0, 0.1) is 32.9 Å². The van der Waals surface area contributed by atoms with Gasteiger partial charge in [0.05, 0.1) is 37.6 Å². The molecule has 0 spiro atoms. The van der Waals surface area contributed by atoms with E-state index in [1.54, 1.807) is 23.5 Å². The molecule has 408 valence electrons. The molecule has 12 N–H and O–H groups in total. The van der Waals surface area contributed by atoms with Crippen molar-refractivity contribution < 1.29 is 110 Å². The van der Waals surface area contributed by atoms with Gasteiger partial charge < -0.3 is 107 Å². The molecule has 23 heteroatoms. The number of rotatable bonds is 15. The largest absolute Gasteiger partial charge is 0.542 e. The minimum Gasteiger partial charge on any atom is -0.542 e. The maximum Gasteiger partial charge on any atom is 0.186 e. The quantitative estimate of drug-likeness (QED) is 0.0582. The number of ether oxygens (including phenoxy) is 8. The molecule has 70 heavy (non-hydrogen) atoms. The molecule has 0 amide bonds. The van der Waals surface area contributed by atoms with Crippen molar-refractivity contribution >= 4 is 23.5 Å². The molecular weight excluding hydrogens is 1130 g/mol. The number of allylic oxidation sites excluding steroid dienone is 3. The van der Waals surface area contributed by atoms with Gasteiger partial charge >= 0.3 is 0 Å². The molecule has 0 radical (unpaired) electrons. The first-order valence-electron chi connectivity index (χ1n) is 23.8. The Morgan fingerprint density at radius 3 is 1.20 bits per heavy atom. The number of hydrogen-bond donors (Lipinski definition) is 12. The third-order valence-corrected chi connectivity index (χ3v) is 15.1. The number of hydrogen-bond acceptors (Lipinski definition) is 22. The average Bonchev–Trinajstić information content (AvgIpc) is 3.34. The van der Waals surface area contributed by atoms with E-state index in [9.17, 15) is 51.1 Å². The first-order valence-corrected chi connectivity index (χ1v) is 26.2. The monoisotopic (exact) mass is 1210 g/mol. The summed E-state index contributed by atoms with van der Waals surface area (Å²) in [6.45, 7) is 16.4. The van der Waals surface area contributed by atoms with Crippen LogP contribution in [0.25, 0.3) is 0 Å². The number of aliphatic hydroxyl groups is 10. The molecule has 20 atom stereocenters. The van der Waals surface area contributed by atoms with E-state index in [1.165, 1.54) is 0 Å². The Hall–Kier alpha value is -0.512. The molecule has 12 aliphatic heterocycles. The van der Waals surface area contributed by atoms with E-state index in [0.29, 0.717) is 50.0 Å². The summed E-state index contributed by atoms with van der Waals surface area (Å²) < 4.78 is 46.1. The summed E-state index contributed by atoms with van der Waals surface area (Å²) >= 11 is 3.26. The summed E-state index contributed by atoms with van der Waals surface area (Å²) in [7, 11) is 7.16. The minimum absolute atomic E-state index is 0. The predicted octanol–water partition coefficient (Wildman–Crippen LogP) is -0.0314. The Bertz CT molecular complexity index is 1420. The topological polar surface area (TPSA) is 300 Å². The fourth-order valence-electron chi connectivity index (χ4n) is 8.60. The maximum absolute atomic E-state index is 10.9. The molecule has 20 nitrogen and oxygen atoms in total. The summed E-state index contributed by atoms with van der Waals surface area (Å²) in [5.74, 6) is 2.09. The second kappa shape index (κ2) is 32.8. The second-order valence-corrected chi connectivity index (χ2v) is 20.4. The Labute approximate surface area is 436 Å². The zero-order valence-corrected chi connectivity index (χ0v) is 44.8. The van der Waals surface area contributed by atoms with Gasteiger partial charge in [0.15, 0.2) is 25.2 Å². The number of thioether (sulfide) groups is 2. The first-order chi connectivity index (χ1) is 33.0. The summed E-state index contributed by atoms with van der Waals surface area (Å²) in [6, 6.07) is 0. The molecule has 12 saturated heterocycles. The molecule has 0 aromatic rings. The third-order valence-electron chi connectivity index (χ3n) is 12.9.